The minimum Gasteiger partial charge on any atom is -0.398 e. The SMILES string of the molecule is Cc1cc(Cc2ccc(CCCCCCCCCc3ccc(Cc4cc(C)c(N)c(C)c4)cc3)cc2)cc(C)c1N. The first-order valence-electron chi connectivity index (χ1n) is 15.7. The molecule has 0 aromatic heterocycles. The first-order chi connectivity index (χ1) is 19.8. The lowest BCUT2D eigenvalue weighted by Gasteiger charge is -2.10. The van der Waals surface area contributed by atoms with Gasteiger partial charge in [0, 0.05) is 11.4 Å². The molecule has 0 aliphatic heterocycles. The van der Waals surface area contributed by atoms with Crippen LogP contribution in [0.5, 0.6) is 0 Å². The molecule has 4 aromatic carbocycles. The Labute approximate surface area is 249 Å². The van der Waals surface area contributed by atoms with Gasteiger partial charge >= 0.3 is 0 Å². The van der Waals surface area contributed by atoms with Crippen LogP contribution in [0, 0.1) is 27.7 Å². The highest BCUT2D eigenvalue weighted by Gasteiger charge is 2.05. The molecule has 0 aliphatic rings. The molecule has 0 unspecified atom stereocenters. The minimum absolute atomic E-state index is 0.919. The van der Waals surface area contributed by atoms with Crippen LogP contribution in [0.1, 0.15) is 101 Å². The molecule has 0 saturated carbocycles. The van der Waals surface area contributed by atoms with Crippen molar-refractivity contribution >= 4 is 11.4 Å². The van der Waals surface area contributed by atoms with Crippen molar-refractivity contribution in [3.63, 3.8) is 0 Å². The molecule has 0 atom stereocenters. The largest absolute Gasteiger partial charge is 0.398 e. The molecular weight excluding hydrogens is 496 g/mol. The minimum atomic E-state index is 0.919. The third-order valence-corrected chi connectivity index (χ3v) is 8.60. The van der Waals surface area contributed by atoms with Gasteiger partial charge in [-0.2, -0.15) is 0 Å². The Morgan fingerprint density at radius 2 is 0.634 bits per heavy atom. The summed E-state index contributed by atoms with van der Waals surface area (Å²) < 4.78 is 0. The van der Waals surface area contributed by atoms with Crippen molar-refractivity contribution in [2.24, 2.45) is 0 Å². The second-order valence-electron chi connectivity index (χ2n) is 12.2. The van der Waals surface area contributed by atoms with E-state index in [-0.39, 0.29) is 0 Å². The molecule has 4 rings (SSSR count). The van der Waals surface area contributed by atoms with E-state index < -0.39 is 0 Å². The van der Waals surface area contributed by atoms with E-state index in [1.165, 1.54) is 113 Å². The summed E-state index contributed by atoms with van der Waals surface area (Å²) in [5.41, 5.74) is 27.1. The van der Waals surface area contributed by atoms with Crippen molar-refractivity contribution in [3.8, 4) is 0 Å². The Morgan fingerprint density at radius 3 is 0.951 bits per heavy atom. The third kappa shape index (κ3) is 9.25. The summed E-state index contributed by atoms with van der Waals surface area (Å²) in [6.07, 6.45) is 13.6. The van der Waals surface area contributed by atoms with E-state index in [0.717, 1.165) is 24.2 Å². The fraction of sp³-hybridized carbons (Fsp3) is 0.385. The summed E-state index contributed by atoms with van der Waals surface area (Å²) in [4.78, 5) is 0. The van der Waals surface area contributed by atoms with E-state index in [1.807, 2.05) is 0 Å². The number of hydrogen-bond acceptors (Lipinski definition) is 2. The van der Waals surface area contributed by atoms with E-state index in [9.17, 15) is 0 Å². The maximum absolute atomic E-state index is 6.11. The van der Waals surface area contributed by atoms with Gasteiger partial charge in [-0.25, -0.2) is 0 Å². The number of rotatable bonds is 14. The molecule has 41 heavy (non-hydrogen) atoms. The van der Waals surface area contributed by atoms with Gasteiger partial charge in [-0.15, -0.1) is 0 Å². The molecule has 0 heterocycles. The lowest BCUT2D eigenvalue weighted by molar-refractivity contribution is 0.579. The lowest BCUT2D eigenvalue weighted by Crippen LogP contribution is -1.97. The molecule has 4 aromatic rings. The number of anilines is 2. The highest BCUT2D eigenvalue weighted by molar-refractivity contribution is 5.55. The van der Waals surface area contributed by atoms with Crippen LogP contribution in [-0.4, -0.2) is 0 Å². The lowest BCUT2D eigenvalue weighted by atomic mass is 9.97. The zero-order valence-corrected chi connectivity index (χ0v) is 25.9. The quantitative estimate of drug-likeness (QED) is 0.122. The first kappa shape index (κ1) is 30.4. The molecule has 2 nitrogen and oxygen atoms in total. The van der Waals surface area contributed by atoms with Crippen LogP contribution in [0.15, 0.2) is 72.8 Å². The second kappa shape index (κ2) is 14.9. The topological polar surface area (TPSA) is 52.0 Å². The molecule has 4 N–H and O–H groups in total. The number of benzene rings is 4. The average Bonchev–Trinajstić information content (AvgIpc) is 2.95. The van der Waals surface area contributed by atoms with Crippen LogP contribution in [0.4, 0.5) is 11.4 Å². The van der Waals surface area contributed by atoms with Gasteiger partial charge < -0.3 is 11.5 Å². The van der Waals surface area contributed by atoms with Crippen LogP contribution >= 0.6 is 0 Å². The molecule has 0 aliphatic carbocycles. The van der Waals surface area contributed by atoms with E-state index >= 15 is 0 Å². The highest BCUT2D eigenvalue weighted by Crippen LogP contribution is 2.23. The number of unbranched alkanes of at least 4 members (excludes halogenated alkanes) is 6. The summed E-state index contributed by atoms with van der Waals surface area (Å²) in [6, 6.07) is 27.3. The summed E-state index contributed by atoms with van der Waals surface area (Å²) in [5, 5.41) is 0. The fourth-order valence-electron chi connectivity index (χ4n) is 5.99. The number of nitrogens with two attached hydrogens (primary N) is 2. The summed E-state index contributed by atoms with van der Waals surface area (Å²) in [5.74, 6) is 0. The van der Waals surface area contributed by atoms with Crippen LogP contribution in [0.3, 0.4) is 0 Å². The summed E-state index contributed by atoms with van der Waals surface area (Å²) in [6.45, 7) is 8.39. The van der Waals surface area contributed by atoms with Crippen LogP contribution < -0.4 is 11.5 Å². The zero-order chi connectivity index (χ0) is 29.2. The maximum Gasteiger partial charge on any atom is 0.0373 e. The molecule has 2 heteroatoms. The van der Waals surface area contributed by atoms with Crippen molar-refractivity contribution in [2.75, 3.05) is 11.5 Å². The van der Waals surface area contributed by atoms with Gasteiger partial charge in [0.25, 0.3) is 0 Å². The molecule has 216 valence electrons. The normalized spacial score (nSPS) is 11.2. The Bertz CT molecular complexity index is 1240. The van der Waals surface area contributed by atoms with Gasteiger partial charge in [-0.05, 0) is 122 Å². The van der Waals surface area contributed by atoms with Crippen LogP contribution in [-0.2, 0) is 25.7 Å². The monoisotopic (exact) mass is 546 g/mol. The average molecular weight is 547 g/mol. The van der Waals surface area contributed by atoms with Crippen molar-refractivity contribution in [1.29, 1.82) is 0 Å². The van der Waals surface area contributed by atoms with Gasteiger partial charge in [0.15, 0.2) is 0 Å². The maximum atomic E-state index is 6.11. The highest BCUT2D eigenvalue weighted by atomic mass is 14.6. The van der Waals surface area contributed by atoms with Crippen molar-refractivity contribution < 1.29 is 0 Å². The molecule has 0 saturated heterocycles. The first-order valence-corrected chi connectivity index (χ1v) is 15.7. The summed E-state index contributed by atoms with van der Waals surface area (Å²) >= 11 is 0. The fourth-order valence-corrected chi connectivity index (χ4v) is 5.99. The Hall–Kier alpha value is -3.52. The van der Waals surface area contributed by atoms with Gasteiger partial charge in [0.2, 0.25) is 0 Å². The van der Waals surface area contributed by atoms with Gasteiger partial charge in [0.05, 0.1) is 0 Å². The Balaban J connectivity index is 1.06. The predicted molar refractivity (Wildman–Crippen MR) is 179 cm³/mol. The standard InChI is InChI=1S/C39H50N2/c1-28-22-36(23-29(2)38(28)40)26-34-18-14-32(15-19-34)12-10-8-6-5-7-9-11-13-33-16-20-35(21-17-33)27-37-24-30(3)39(41)31(4)25-37/h14-25H,5-13,26-27,40-41H2,1-4H3. The number of aryl methyl sites for hydroxylation is 6. The predicted octanol–water partition coefficient (Wildman–Crippen LogP) is 9.78. The molecule has 0 bridgehead atoms. The number of hydrogen-bond donors (Lipinski definition) is 2. The van der Waals surface area contributed by atoms with E-state index in [2.05, 4.69) is 100 Å². The molecule has 0 amide bonds. The van der Waals surface area contributed by atoms with E-state index in [4.69, 9.17) is 11.5 Å². The second-order valence-corrected chi connectivity index (χ2v) is 12.2. The van der Waals surface area contributed by atoms with Crippen LogP contribution in [0.25, 0.3) is 0 Å². The van der Waals surface area contributed by atoms with Crippen molar-refractivity contribution in [3.05, 3.63) is 128 Å². The van der Waals surface area contributed by atoms with Crippen molar-refractivity contribution in [2.45, 2.75) is 98.3 Å². The molecule has 0 fully saturated rings. The van der Waals surface area contributed by atoms with Crippen LogP contribution in [0.2, 0.25) is 0 Å². The molecular formula is C39H50N2. The van der Waals surface area contributed by atoms with Crippen molar-refractivity contribution in [1.82, 2.24) is 0 Å². The molecule has 0 spiro atoms. The van der Waals surface area contributed by atoms with Gasteiger partial charge in [0.1, 0.15) is 0 Å². The smallest absolute Gasteiger partial charge is 0.0373 e. The Morgan fingerprint density at radius 1 is 0.366 bits per heavy atom. The Kier molecular flexibility index (Phi) is 11.1. The van der Waals surface area contributed by atoms with Gasteiger partial charge in [-0.1, -0.05) is 105 Å². The third-order valence-electron chi connectivity index (χ3n) is 8.60. The van der Waals surface area contributed by atoms with Gasteiger partial charge in [-0.3, -0.25) is 0 Å². The van der Waals surface area contributed by atoms with E-state index in [1.54, 1.807) is 0 Å². The van der Waals surface area contributed by atoms with E-state index in [0.29, 0.717) is 0 Å². The summed E-state index contributed by atoms with van der Waals surface area (Å²) in [7, 11) is 0. The molecule has 0 radical (unpaired) electrons. The number of nitrogen functional groups attached to an aromatic ring is 2. The zero-order valence-electron chi connectivity index (χ0n) is 25.9.